The minimum atomic E-state index is -0.609. The fraction of sp³-hybridized carbons (Fsp3) is 0.211. The van der Waals surface area contributed by atoms with Gasteiger partial charge in [0.25, 0.3) is 5.91 Å². The first-order valence-electron chi connectivity index (χ1n) is 8.04. The van der Waals surface area contributed by atoms with Crippen molar-refractivity contribution in [2.75, 3.05) is 11.9 Å². The van der Waals surface area contributed by atoms with Crippen molar-refractivity contribution in [3.05, 3.63) is 64.1 Å². The van der Waals surface area contributed by atoms with Crippen molar-refractivity contribution in [2.45, 2.75) is 20.3 Å². The van der Waals surface area contributed by atoms with E-state index >= 15 is 0 Å². The predicted octanol–water partition coefficient (Wildman–Crippen LogP) is 2.80. The van der Waals surface area contributed by atoms with E-state index in [0.717, 1.165) is 28.2 Å². The minimum absolute atomic E-state index is 0.226. The highest BCUT2D eigenvalue weighted by Crippen LogP contribution is 2.34. The monoisotopic (exact) mass is 372 g/mol. The summed E-state index contributed by atoms with van der Waals surface area (Å²) in [6, 6.07) is 9.79. The molecule has 0 saturated heterocycles. The Morgan fingerprint density at radius 1 is 1.19 bits per heavy atom. The van der Waals surface area contributed by atoms with Gasteiger partial charge in [0.15, 0.2) is 0 Å². The first-order valence-corrected chi connectivity index (χ1v) is 8.85. The van der Waals surface area contributed by atoms with Gasteiger partial charge >= 0.3 is 5.97 Å². The molecule has 2 amide bonds. The van der Waals surface area contributed by atoms with Gasteiger partial charge in [0.2, 0.25) is 5.91 Å². The fourth-order valence-electron chi connectivity index (χ4n) is 2.38. The molecular formula is C19H20N2O4S. The lowest BCUT2D eigenvalue weighted by Gasteiger charge is -2.02. The second-order valence-electron chi connectivity index (χ2n) is 5.46. The summed E-state index contributed by atoms with van der Waals surface area (Å²) >= 11 is 1.30. The number of carbonyl (C=O) groups is 3. The first kappa shape index (κ1) is 19.4. The number of anilines is 1. The van der Waals surface area contributed by atoms with E-state index in [-0.39, 0.29) is 6.61 Å². The molecule has 1 aromatic carbocycles. The van der Waals surface area contributed by atoms with Gasteiger partial charge in [0.1, 0.15) is 5.00 Å². The number of carbonyl (C=O) groups excluding carboxylic acids is 3. The Morgan fingerprint density at radius 2 is 1.88 bits per heavy atom. The average molecular weight is 372 g/mol. The van der Waals surface area contributed by atoms with Crippen LogP contribution in [0.15, 0.2) is 42.5 Å². The molecule has 0 radical (unpaired) electrons. The number of thiophene rings is 1. The van der Waals surface area contributed by atoms with Crippen LogP contribution in [0, 0.1) is 6.92 Å². The zero-order valence-corrected chi connectivity index (χ0v) is 15.4. The van der Waals surface area contributed by atoms with E-state index in [1.54, 1.807) is 13.8 Å². The molecule has 1 heterocycles. The van der Waals surface area contributed by atoms with Crippen molar-refractivity contribution in [1.82, 2.24) is 0 Å². The van der Waals surface area contributed by atoms with Gasteiger partial charge in [-0.15, -0.1) is 11.3 Å². The third kappa shape index (κ3) is 5.03. The molecule has 0 aliphatic rings. The Kier molecular flexibility index (Phi) is 6.68. The zero-order valence-electron chi connectivity index (χ0n) is 14.6. The van der Waals surface area contributed by atoms with Crippen molar-refractivity contribution < 1.29 is 19.1 Å². The molecule has 3 N–H and O–H groups in total. The summed E-state index contributed by atoms with van der Waals surface area (Å²) in [5, 5.41) is 3.00. The highest BCUT2D eigenvalue weighted by atomic mass is 32.1. The number of benzene rings is 1. The van der Waals surface area contributed by atoms with Gasteiger partial charge in [-0.2, -0.15) is 0 Å². The third-order valence-corrected chi connectivity index (χ3v) is 4.80. The van der Waals surface area contributed by atoms with Crippen LogP contribution < -0.4 is 11.1 Å². The quantitative estimate of drug-likeness (QED) is 0.577. The molecule has 6 nitrogen and oxygen atoms in total. The van der Waals surface area contributed by atoms with Gasteiger partial charge in [-0.25, -0.2) is 4.79 Å². The average Bonchev–Trinajstić information content (AvgIpc) is 2.89. The maximum atomic E-state index is 12.0. The van der Waals surface area contributed by atoms with Gasteiger partial charge in [0, 0.05) is 23.5 Å². The van der Waals surface area contributed by atoms with E-state index < -0.39 is 17.8 Å². The van der Waals surface area contributed by atoms with Crippen LogP contribution in [0.4, 0.5) is 5.00 Å². The van der Waals surface area contributed by atoms with Crippen molar-refractivity contribution in [3.8, 4) is 0 Å². The van der Waals surface area contributed by atoms with Gasteiger partial charge in [-0.1, -0.05) is 30.3 Å². The zero-order chi connectivity index (χ0) is 19.1. The number of rotatable bonds is 7. The molecule has 2 aromatic rings. The van der Waals surface area contributed by atoms with Crippen molar-refractivity contribution in [1.29, 1.82) is 0 Å². The Bertz CT molecular complexity index is 841. The van der Waals surface area contributed by atoms with E-state index in [9.17, 15) is 14.4 Å². The number of esters is 1. The summed E-state index contributed by atoms with van der Waals surface area (Å²) < 4.78 is 4.72. The molecule has 2 rings (SSSR count). The third-order valence-electron chi connectivity index (χ3n) is 3.59. The lowest BCUT2D eigenvalue weighted by molar-refractivity contribution is -0.137. The van der Waals surface area contributed by atoms with E-state index in [1.165, 1.54) is 11.3 Å². The van der Waals surface area contributed by atoms with Crippen LogP contribution in [0.25, 0.3) is 0 Å². The predicted molar refractivity (Wildman–Crippen MR) is 101 cm³/mol. The highest BCUT2D eigenvalue weighted by Gasteiger charge is 2.20. The number of nitrogens with one attached hydrogen (secondary N) is 1. The van der Waals surface area contributed by atoms with E-state index in [4.69, 9.17) is 10.5 Å². The number of hydrogen-bond donors (Lipinski definition) is 2. The summed E-state index contributed by atoms with van der Waals surface area (Å²) in [5.74, 6) is -1.75. The van der Waals surface area contributed by atoms with Crippen LogP contribution in [-0.4, -0.2) is 24.4 Å². The topological polar surface area (TPSA) is 98.5 Å². The van der Waals surface area contributed by atoms with Crippen LogP contribution >= 0.6 is 11.3 Å². The molecule has 0 aliphatic heterocycles. The Balaban J connectivity index is 2.22. The smallest absolute Gasteiger partial charge is 0.330 e. The summed E-state index contributed by atoms with van der Waals surface area (Å²) in [5.41, 5.74) is 7.61. The van der Waals surface area contributed by atoms with E-state index in [0.29, 0.717) is 17.0 Å². The van der Waals surface area contributed by atoms with Crippen LogP contribution in [0.1, 0.15) is 33.3 Å². The molecule has 0 spiro atoms. The van der Waals surface area contributed by atoms with Crippen LogP contribution in [-0.2, 0) is 20.7 Å². The summed E-state index contributed by atoms with van der Waals surface area (Å²) in [4.78, 5) is 36.1. The van der Waals surface area contributed by atoms with Crippen molar-refractivity contribution >= 4 is 34.1 Å². The SMILES string of the molecule is CCOC(=O)/C=C\C(=O)Nc1sc(Cc2ccccc2)c(C)c1C(N)=O. The summed E-state index contributed by atoms with van der Waals surface area (Å²) in [6.07, 6.45) is 2.73. The Labute approximate surface area is 155 Å². The van der Waals surface area contributed by atoms with Crippen molar-refractivity contribution in [2.24, 2.45) is 5.73 Å². The molecule has 0 fully saturated rings. The van der Waals surface area contributed by atoms with Crippen LogP contribution in [0.2, 0.25) is 0 Å². The standard InChI is InChI=1S/C19H20N2O4S/c1-3-25-16(23)10-9-15(22)21-19-17(18(20)24)12(2)14(26-19)11-13-7-5-4-6-8-13/h4-10H,3,11H2,1-2H3,(H2,20,24)(H,21,22)/b10-9-. The van der Waals surface area contributed by atoms with Gasteiger partial charge in [-0.3, -0.25) is 9.59 Å². The molecule has 0 unspecified atom stereocenters. The van der Waals surface area contributed by atoms with Gasteiger partial charge < -0.3 is 15.8 Å². The number of primary amides is 1. The number of ether oxygens (including phenoxy) is 1. The van der Waals surface area contributed by atoms with Crippen molar-refractivity contribution in [3.63, 3.8) is 0 Å². The molecular weight excluding hydrogens is 352 g/mol. The Hall–Kier alpha value is -2.93. The second kappa shape index (κ2) is 8.96. The normalized spacial score (nSPS) is 10.7. The largest absolute Gasteiger partial charge is 0.463 e. The van der Waals surface area contributed by atoms with Gasteiger partial charge in [-0.05, 0) is 25.0 Å². The Morgan fingerprint density at radius 3 is 2.50 bits per heavy atom. The van der Waals surface area contributed by atoms with E-state index in [2.05, 4.69) is 5.32 Å². The molecule has 0 bridgehead atoms. The molecule has 7 heteroatoms. The molecule has 136 valence electrons. The maximum absolute atomic E-state index is 12.0. The summed E-state index contributed by atoms with van der Waals surface area (Å²) in [7, 11) is 0. The maximum Gasteiger partial charge on any atom is 0.330 e. The van der Waals surface area contributed by atoms with E-state index in [1.807, 2.05) is 30.3 Å². The molecule has 0 atom stereocenters. The minimum Gasteiger partial charge on any atom is -0.463 e. The lowest BCUT2D eigenvalue weighted by Crippen LogP contribution is -2.16. The fourth-order valence-corrected chi connectivity index (χ4v) is 3.63. The molecule has 0 saturated carbocycles. The lowest BCUT2D eigenvalue weighted by atomic mass is 10.1. The number of nitrogens with two attached hydrogens (primary N) is 1. The molecule has 26 heavy (non-hydrogen) atoms. The van der Waals surface area contributed by atoms with Crippen LogP contribution in [0.3, 0.4) is 0 Å². The molecule has 0 aliphatic carbocycles. The first-order chi connectivity index (χ1) is 12.4. The number of hydrogen-bond acceptors (Lipinski definition) is 5. The highest BCUT2D eigenvalue weighted by molar-refractivity contribution is 7.17. The summed E-state index contributed by atoms with van der Waals surface area (Å²) in [6.45, 7) is 3.70. The molecule has 1 aromatic heterocycles. The van der Waals surface area contributed by atoms with Crippen LogP contribution in [0.5, 0.6) is 0 Å². The van der Waals surface area contributed by atoms with Gasteiger partial charge in [0.05, 0.1) is 12.2 Å². The number of amides is 2. The second-order valence-corrected chi connectivity index (χ2v) is 6.56.